The minimum Gasteiger partial charge on any atom is -0.488 e. The van der Waals surface area contributed by atoms with Gasteiger partial charge in [0.25, 0.3) is 0 Å². The highest BCUT2D eigenvalue weighted by Gasteiger charge is 2.33. The molecule has 2 aromatic rings. The van der Waals surface area contributed by atoms with Crippen LogP contribution in [0.4, 0.5) is 0 Å². The summed E-state index contributed by atoms with van der Waals surface area (Å²) in [4.78, 5) is 5.04. The smallest absolute Gasteiger partial charge is 0.131 e. The molecule has 0 saturated heterocycles. The standard InChI is InChI=1S/C24H20N2O2/c1-27-25-18-14-22-24(23(15-18)28-16-17-8-3-2-4-9-17)20-11-6-5-10-19(20)21-12-7-13-26(21)22/h2-15,19H,16H2,1H3. The normalized spacial score (nSPS) is 20.9. The second kappa shape index (κ2) is 6.89. The molecule has 1 aromatic carbocycles. The maximum absolute atomic E-state index is 6.31. The van der Waals surface area contributed by atoms with Crippen molar-refractivity contribution in [3.8, 4) is 0 Å². The number of allylic oxidation sites excluding steroid dienone is 8. The van der Waals surface area contributed by atoms with Crippen molar-refractivity contribution < 1.29 is 9.57 Å². The first-order valence-corrected chi connectivity index (χ1v) is 9.34. The fourth-order valence-corrected chi connectivity index (χ4v) is 3.98. The molecule has 0 spiro atoms. The molecule has 0 radical (unpaired) electrons. The molecule has 5 rings (SSSR count). The van der Waals surface area contributed by atoms with Gasteiger partial charge in [0.2, 0.25) is 0 Å². The van der Waals surface area contributed by atoms with E-state index in [2.05, 4.69) is 64.5 Å². The van der Waals surface area contributed by atoms with E-state index >= 15 is 0 Å². The Labute approximate surface area is 164 Å². The summed E-state index contributed by atoms with van der Waals surface area (Å²) >= 11 is 0. The Morgan fingerprint density at radius 1 is 1.04 bits per heavy atom. The predicted octanol–water partition coefficient (Wildman–Crippen LogP) is 4.97. The first-order valence-electron chi connectivity index (χ1n) is 9.34. The fourth-order valence-electron chi connectivity index (χ4n) is 3.98. The molecule has 1 atom stereocenters. The summed E-state index contributed by atoms with van der Waals surface area (Å²) in [5, 5.41) is 4.16. The zero-order valence-electron chi connectivity index (χ0n) is 15.6. The molecule has 0 fully saturated rings. The van der Waals surface area contributed by atoms with Gasteiger partial charge in [0.15, 0.2) is 0 Å². The Balaban J connectivity index is 1.62. The minimum atomic E-state index is 0.219. The van der Waals surface area contributed by atoms with Crippen molar-refractivity contribution >= 4 is 11.4 Å². The van der Waals surface area contributed by atoms with Crippen LogP contribution < -0.4 is 0 Å². The molecule has 138 valence electrons. The van der Waals surface area contributed by atoms with Crippen LogP contribution in [0.25, 0.3) is 5.70 Å². The van der Waals surface area contributed by atoms with Crippen molar-refractivity contribution in [3.63, 3.8) is 0 Å². The van der Waals surface area contributed by atoms with E-state index in [0.717, 1.165) is 28.3 Å². The second-order valence-corrected chi connectivity index (χ2v) is 6.87. The summed E-state index contributed by atoms with van der Waals surface area (Å²) in [6.07, 6.45) is 14.7. The zero-order valence-corrected chi connectivity index (χ0v) is 15.6. The minimum absolute atomic E-state index is 0.219. The fraction of sp³-hybridized carbons (Fsp3) is 0.125. The number of nitrogens with zero attached hydrogens (tertiary/aromatic N) is 2. The van der Waals surface area contributed by atoms with E-state index in [-0.39, 0.29) is 5.92 Å². The van der Waals surface area contributed by atoms with Crippen molar-refractivity contribution in [2.24, 2.45) is 5.16 Å². The van der Waals surface area contributed by atoms with Gasteiger partial charge in [-0.2, -0.15) is 0 Å². The van der Waals surface area contributed by atoms with Crippen LogP contribution in [0.15, 0.2) is 107 Å². The molecule has 1 aromatic heterocycles. The molecule has 4 nitrogen and oxygen atoms in total. The van der Waals surface area contributed by atoms with Crippen LogP contribution in [0.1, 0.15) is 17.2 Å². The Morgan fingerprint density at radius 2 is 1.93 bits per heavy atom. The van der Waals surface area contributed by atoms with E-state index in [4.69, 9.17) is 9.57 Å². The monoisotopic (exact) mass is 368 g/mol. The molecule has 1 unspecified atom stereocenters. The third-order valence-corrected chi connectivity index (χ3v) is 5.17. The average Bonchev–Trinajstić information content (AvgIpc) is 3.23. The van der Waals surface area contributed by atoms with E-state index in [1.54, 1.807) is 7.11 Å². The van der Waals surface area contributed by atoms with Gasteiger partial charge < -0.3 is 14.1 Å². The van der Waals surface area contributed by atoms with E-state index in [1.165, 1.54) is 11.3 Å². The van der Waals surface area contributed by atoms with Crippen LogP contribution in [-0.4, -0.2) is 17.4 Å². The lowest BCUT2D eigenvalue weighted by atomic mass is 9.81. The molecule has 0 saturated carbocycles. The summed E-state index contributed by atoms with van der Waals surface area (Å²) in [6, 6.07) is 14.4. The Morgan fingerprint density at radius 3 is 2.79 bits per heavy atom. The Kier molecular flexibility index (Phi) is 4.09. The lowest BCUT2D eigenvalue weighted by molar-refractivity contribution is 0.205. The Bertz CT molecular complexity index is 1090. The third-order valence-electron chi connectivity index (χ3n) is 5.17. The van der Waals surface area contributed by atoms with E-state index in [0.29, 0.717) is 6.61 Å². The number of fused-ring (bicyclic) bond motifs is 5. The lowest BCUT2D eigenvalue weighted by Crippen LogP contribution is -2.22. The van der Waals surface area contributed by atoms with E-state index in [1.807, 2.05) is 30.4 Å². The molecule has 28 heavy (non-hydrogen) atoms. The summed E-state index contributed by atoms with van der Waals surface area (Å²) in [7, 11) is 1.56. The van der Waals surface area contributed by atoms with Crippen molar-refractivity contribution in [2.45, 2.75) is 12.5 Å². The highest BCUT2D eigenvalue weighted by atomic mass is 16.6. The predicted molar refractivity (Wildman–Crippen MR) is 111 cm³/mol. The van der Waals surface area contributed by atoms with Gasteiger partial charge in [-0.3, -0.25) is 0 Å². The van der Waals surface area contributed by atoms with Crippen LogP contribution in [0.2, 0.25) is 0 Å². The number of hydrogen-bond acceptors (Lipinski definition) is 3. The summed E-state index contributed by atoms with van der Waals surface area (Å²) in [6.45, 7) is 0.500. The van der Waals surface area contributed by atoms with Crippen LogP contribution >= 0.6 is 0 Å². The van der Waals surface area contributed by atoms with Crippen molar-refractivity contribution in [3.05, 3.63) is 113 Å². The van der Waals surface area contributed by atoms with Gasteiger partial charge in [-0.15, -0.1) is 0 Å². The SMILES string of the molecule is CON=C1C=C(OCc2ccccc2)C2=C3C=CC=CC3c3cccn3C2=C1. The van der Waals surface area contributed by atoms with Gasteiger partial charge in [0, 0.05) is 29.5 Å². The highest BCUT2D eigenvalue weighted by Crippen LogP contribution is 2.45. The average molecular weight is 368 g/mol. The molecular weight excluding hydrogens is 348 g/mol. The third kappa shape index (κ3) is 2.74. The second-order valence-electron chi connectivity index (χ2n) is 6.87. The number of ether oxygens (including phenoxy) is 1. The van der Waals surface area contributed by atoms with Crippen molar-refractivity contribution in [1.82, 2.24) is 4.57 Å². The molecule has 1 aliphatic heterocycles. The summed E-state index contributed by atoms with van der Waals surface area (Å²) in [5.41, 5.74) is 6.53. The maximum atomic E-state index is 6.31. The van der Waals surface area contributed by atoms with Gasteiger partial charge in [-0.1, -0.05) is 59.8 Å². The molecule has 2 heterocycles. The Hall–Kier alpha value is -3.53. The van der Waals surface area contributed by atoms with E-state index in [9.17, 15) is 0 Å². The zero-order chi connectivity index (χ0) is 18.9. The maximum Gasteiger partial charge on any atom is 0.131 e. The molecule has 2 aliphatic carbocycles. The van der Waals surface area contributed by atoms with Crippen LogP contribution in [-0.2, 0) is 16.2 Å². The topological polar surface area (TPSA) is 35.8 Å². The lowest BCUT2D eigenvalue weighted by Gasteiger charge is -2.33. The van der Waals surface area contributed by atoms with E-state index < -0.39 is 0 Å². The number of rotatable bonds is 4. The molecule has 0 bridgehead atoms. The van der Waals surface area contributed by atoms with Gasteiger partial charge in [0.05, 0.1) is 5.70 Å². The molecular formula is C24H20N2O2. The number of oxime groups is 1. The molecule has 4 heteroatoms. The number of benzene rings is 1. The molecule has 0 amide bonds. The van der Waals surface area contributed by atoms with Crippen molar-refractivity contribution in [1.29, 1.82) is 0 Å². The van der Waals surface area contributed by atoms with Gasteiger partial charge in [-0.05, 0) is 29.3 Å². The van der Waals surface area contributed by atoms with Gasteiger partial charge in [0.1, 0.15) is 25.2 Å². The largest absolute Gasteiger partial charge is 0.488 e. The summed E-state index contributed by atoms with van der Waals surface area (Å²) in [5.74, 6) is 1.04. The first-order chi connectivity index (χ1) is 13.8. The number of aromatic nitrogens is 1. The van der Waals surface area contributed by atoms with Crippen LogP contribution in [0, 0.1) is 0 Å². The van der Waals surface area contributed by atoms with Gasteiger partial charge >= 0.3 is 0 Å². The molecule has 0 N–H and O–H groups in total. The van der Waals surface area contributed by atoms with Crippen molar-refractivity contribution in [2.75, 3.05) is 7.11 Å². The first kappa shape index (κ1) is 16.6. The quantitative estimate of drug-likeness (QED) is 0.715. The number of hydrogen-bond donors (Lipinski definition) is 0. The highest BCUT2D eigenvalue weighted by molar-refractivity contribution is 6.12. The van der Waals surface area contributed by atoms with Crippen LogP contribution in [0.5, 0.6) is 0 Å². The van der Waals surface area contributed by atoms with Gasteiger partial charge in [-0.25, -0.2) is 0 Å². The molecule has 3 aliphatic rings. The van der Waals surface area contributed by atoms with Crippen LogP contribution in [0.3, 0.4) is 0 Å². The summed E-state index contributed by atoms with van der Waals surface area (Å²) < 4.78 is 8.53.